The molecule has 1 N–H and O–H groups in total. The van der Waals surface area contributed by atoms with Crippen LogP contribution in [-0.2, 0) is 0 Å². The Labute approximate surface area is 81.2 Å². The molecule has 0 amide bonds. The molecule has 1 aromatic rings. The van der Waals surface area contributed by atoms with Gasteiger partial charge in [-0.25, -0.2) is 8.78 Å². The van der Waals surface area contributed by atoms with E-state index >= 15 is 0 Å². The molecule has 0 unspecified atom stereocenters. The highest BCUT2D eigenvalue weighted by Gasteiger charge is 2.18. The van der Waals surface area contributed by atoms with Crippen LogP contribution in [0.5, 0.6) is 0 Å². The highest BCUT2D eigenvalue weighted by molar-refractivity contribution is 5.48. The van der Waals surface area contributed by atoms with Crippen LogP contribution >= 0.6 is 0 Å². The average molecular weight is 196 g/mol. The molecule has 0 aromatic heterocycles. The van der Waals surface area contributed by atoms with E-state index in [1.54, 1.807) is 13.8 Å². The first-order valence-corrected chi connectivity index (χ1v) is 4.10. The number of nitriles is 1. The van der Waals surface area contributed by atoms with E-state index < -0.39 is 17.2 Å². The largest absolute Gasteiger partial charge is 0.365 e. The zero-order valence-electron chi connectivity index (χ0n) is 7.94. The minimum atomic E-state index is -0.962. The molecule has 1 rings (SSSR count). The Balaban J connectivity index is 3.00. The maximum Gasteiger partial charge on any atom is 0.181 e. The Morgan fingerprint density at radius 1 is 1.36 bits per heavy atom. The van der Waals surface area contributed by atoms with Gasteiger partial charge in [-0.1, -0.05) is 6.07 Å². The second-order valence-corrected chi connectivity index (χ2v) is 3.46. The number of hydrogen-bond donors (Lipinski definition) is 1. The minimum absolute atomic E-state index is 0.00319. The third-order valence-electron chi connectivity index (χ3n) is 1.68. The van der Waals surface area contributed by atoms with Crippen molar-refractivity contribution in [3.8, 4) is 6.07 Å². The molecule has 0 saturated heterocycles. The van der Waals surface area contributed by atoms with E-state index in [-0.39, 0.29) is 5.69 Å². The summed E-state index contributed by atoms with van der Waals surface area (Å²) < 4.78 is 25.9. The van der Waals surface area contributed by atoms with E-state index in [1.807, 2.05) is 6.07 Å². The summed E-state index contributed by atoms with van der Waals surface area (Å²) in [5.41, 5.74) is -0.925. The Bertz CT molecular complexity index is 380. The van der Waals surface area contributed by atoms with Crippen molar-refractivity contribution in [2.75, 3.05) is 5.32 Å². The smallest absolute Gasteiger partial charge is 0.181 e. The lowest BCUT2D eigenvalue weighted by atomic mass is 10.1. The first-order valence-electron chi connectivity index (χ1n) is 4.10. The summed E-state index contributed by atoms with van der Waals surface area (Å²) in [6.07, 6.45) is 0. The van der Waals surface area contributed by atoms with Crippen LogP contribution in [0.4, 0.5) is 14.5 Å². The molecule has 74 valence electrons. The lowest BCUT2D eigenvalue weighted by molar-refractivity contribution is 0.508. The molecule has 0 heterocycles. The molecule has 14 heavy (non-hydrogen) atoms. The third-order valence-corrected chi connectivity index (χ3v) is 1.68. The van der Waals surface area contributed by atoms with Crippen LogP contribution < -0.4 is 5.32 Å². The van der Waals surface area contributed by atoms with Gasteiger partial charge in [0.25, 0.3) is 0 Å². The van der Waals surface area contributed by atoms with Crippen molar-refractivity contribution in [3.05, 3.63) is 29.8 Å². The summed E-state index contributed by atoms with van der Waals surface area (Å²) >= 11 is 0. The number of rotatable bonds is 2. The molecule has 1 aromatic carbocycles. The summed E-state index contributed by atoms with van der Waals surface area (Å²) in [5.74, 6) is -1.89. The van der Waals surface area contributed by atoms with E-state index in [0.717, 1.165) is 6.07 Å². The molecular formula is C10H10F2N2. The van der Waals surface area contributed by atoms with Crippen molar-refractivity contribution in [3.63, 3.8) is 0 Å². The fraction of sp³-hybridized carbons (Fsp3) is 0.300. The summed E-state index contributed by atoms with van der Waals surface area (Å²) in [5, 5.41) is 11.3. The molecule has 0 aliphatic heterocycles. The first kappa shape index (κ1) is 10.5. The lowest BCUT2D eigenvalue weighted by Crippen LogP contribution is -2.29. The Hall–Kier alpha value is -1.63. The van der Waals surface area contributed by atoms with Crippen LogP contribution in [0, 0.1) is 23.0 Å². The van der Waals surface area contributed by atoms with Gasteiger partial charge in [0.05, 0.1) is 11.8 Å². The highest BCUT2D eigenvalue weighted by Crippen LogP contribution is 2.20. The van der Waals surface area contributed by atoms with Gasteiger partial charge in [-0.2, -0.15) is 5.26 Å². The molecule has 0 fully saturated rings. The molecule has 0 atom stereocenters. The molecule has 0 aliphatic carbocycles. The van der Waals surface area contributed by atoms with E-state index in [2.05, 4.69) is 5.32 Å². The molecule has 0 saturated carbocycles. The fourth-order valence-corrected chi connectivity index (χ4v) is 0.965. The highest BCUT2D eigenvalue weighted by atomic mass is 19.2. The summed E-state index contributed by atoms with van der Waals surface area (Å²) in [7, 11) is 0. The third kappa shape index (κ3) is 2.19. The lowest BCUT2D eigenvalue weighted by Gasteiger charge is -2.19. The maximum absolute atomic E-state index is 13.1. The van der Waals surface area contributed by atoms with Gasteiger partial charge in [-0.05, 0) is 26.0 Å². The van der Waals surface area contributed by atoms with E-state index in [9.17, 15) is 8.78 Å². The van der Waals surface area contributed by atoms with Crippen molar-refractivity contribution in [2.24, 2.45) is 0 Å². The summed E-state index contributed by atoms with van der Waals surface area (Å²) in [6.45, 7) is 3.16. The number of nitrogens with zero attached hydrogens (tertiary/aromatic N) is 1. The van der Waals surface area contributed by atoms with Crippen molar-refractivity contribution >= 4 is 5.69 Å². The van der Waals surface area contributed by atoms with Gasteiger partial charge < -0.3 is 5.32 Å². The quantitative estimate of drug-likeness (QED) is 0.789. The summed E-state index contributed by atoms with van der Waals surface area (Å²) in [4.78, 5) is 0. The van der Waals surface area contributed by atoms with Gasteiger partial charge in [-0.3, -0.25) is 0 Å². The number of anilines is 1. The van der Waals surface area contributed by atoms with Gasteiger partial charge in [0.2, 0.25) is 0 Å². The van der Waals surface area contributed by atoms with Crippen LogP contribution in [0.15, 0.2) is 18.2 Å². The SMILES string of the molecule is CC(C)(C#N)Nc1cccc(F)c1F. The van der Waals surface area contributed by atoms with Crippen LogP contribution in [0.3, 0.4) is 0 Å². The van der Waals surface area contributed by atoms with E-state index in [1.165, 1.54) is 12.1 Å². The number of hydrogen-bond acceptors (Lipinski definition) is 2. The molecule has 0 aliphatic rings. The van der Waals surface area contributed by atoms with Crippen LogP contribution in [0.2, 0.25) is 0 Å². The fourth-order valence-electron chi connectivity index (χ4n) is 0.965. The van der Waals surface area contributed by atoms with Crippen molar-refractivity contribution in [1.82, 2.24) is 0 Å². The standard InChI is InChI=1S/C10H10F2N2/c1-10(2,6-13)14-8-5-3-4-7(11)9(8)12/h3-5,14H,1-2H3. The molecular weight excluding hydrogens is 186 g/mol. The van der Waals surface area contributed by atoms with Gasteiger partial charge in [0, 0.05) is 0 Å². The second kappa shape index (κ2) is 3.62. The van der Waals surface area contributed by atoms with E-state index in [0.29, 0.717) is 0 Å². The average Bonchev–Trinajstić information content (AvgIpc) is 2.13. The molecule has 0 spiro atoms. The van der Waals surface area contributed by atoms with Crippen LogP contribution in [-0.4, -0.2) is 5.54 Å². The zero-order valence-corrected chi connectivity index (χ0v) is 7.94. The normalized spacial score (nSPS) is 10.8. The Kier molecular flexibility index (Phi) is 2.70. The number of benzene rings is 1. The topological polar surface area (TPSA) is 35.8 Å². The monoisotopic (exact) mass is 196 g/mol. The van der Waals surface area contributed by atoms with Crippen molar-refractivity contribution in [2.45, 2.75) is 19.4 Å². The minimum Gasteiger partial charge on any atom is -0.365 e. The molecule has 4 heteroatoms. The Morgan fingerprint density at radius 3 is 2.57 bits per heavy atom. The predicted octanol–water partition coefficient (Wildman–Crippen LogP) is 2.68. The second-order valence-electron chi connectivity index (χ2n) is 3.46. The van der Waals surface area contributed by atoms with Gasteiger partial charge in [0.15, 0.2) is 11.6 Å². The number of nitrogens with one attached hydrogen (secondary N) is 1. The predicted molar refractivity (Wildman–Crippen MR) is 49.7 cm³/mol. The first-order chi connectivity index (χ1) is 6.46. The molecule has 0 radical (unpaired) electrons. The van der Waals surface area contributed by atoms with Gasteiger partial charge in [0.1, 0.15) is 5.54 Å². The van der Waals surface area contributed by atoms with Crippen LogP contribution in [0.1, 0.15) is 13.8 Å². The Morgan fingerprint density at radius 2 is 2.00 bits per heavy atom. The van der Waals surface area contributed by atoms with Crippen LogP contribution in [0.25, 0.3) is 0 Å². The van der Waals surface area contributed by atoms with Crippen molar-refractivity contribution < 1.29 is 8.78 Å². The molecule has 2 nitrogen and oxygen atoms in total. The van der Waals surface area contributed by atoms with Gasteiger partial charge in [-0.15, -0.1) is 0 Å². The van der Waals surface area contributed by atoms with Crippen molar-refractivity contribution in [1.29, 1.82) is 5.26 Å². The van der Waals surface area contributed by atoms with E-state index in [4.69, 9.17) is 5.26 Å². The summed E-state index contributed by atoms with van der Waals surface area (Å²) in [6, 6.07) is 5.73. The zero-order chi connectivity index (χ0) is 10.8. The van der Waals surface area contributed by atoms with Gasteiger partial charge >= 0.3 is 0 Å². The molecule has 0 bridgehead atoms. The maximum atomic E-state index is 13.1. The number of halogens is 2.